The first-order valence-corrected chi connectivity index (χ1v) is 8.82. The van der Waals surface area contributed by atoms with Gasteiger partial charge < -0.3 is 9.64 Å². The summed E-state index contributed by atoms with van der Waals surface area (Å²) >= 11 is 0. The number of rotatable bonds is 7. The number of halogens is 1. The Bertz CT molecular complexity index is 927. The molecule has 3 rings (SSSR count). The molecule has 0 atom stereocenters. The zero-order chi connectivity index (χ0) is 20.3. The van der Waals surface area contributed by atoms with Crippen LogP contribution in [0.15, 0.2) is 42.5 Å². The molecule has 146 valence electrons. The van der Waals surface area contributed by atoms with Crippen molar-refractivity contribution in [2.45, 2.75) is 32.4 Å². The molecular weight excluding hydrogens is 367 g/mol. The summed E-state index contributed by atoms with van der Waals surface area (Å²) in [5.41, 5.74) is 0.755. The second-order valence-electron chi connectivity index (χ2n) is 6.68. The highest BCUT2D eigenvalue weighted by Gasteiger charge is 2.33. The fourth-order valence-corrected chi connectivity index (χ4v) is 2.90. The van der Waals surface area contributed by atoms with E-state index in [4.69, 9.17) is 4.74 Å². The van der Waals surface area contributed by atoms with Crippen molar-refractivity contribution in [1.29, 1.82) is 0 Å². The Morgan fingerprint density at radius 2 is 1.96 bits per heavy atom. The molecule has 0 N–H and O–H groups in total. The number of aryl methyl sites for hydroxylation is 1. The molecule has 0 spiro atoms. The lowest BCUT2D eigenvalue weighted by atomic mass is 10.1. The molecule has 8 heteroatoms. The van der Waals surface area contributed by atoms with Gasteiger partial charge in [0.25, 0.3) is 11.6 Å². The number of benzene rings is 2. The Balaban J connectivity index is 1.63. The van der Waals surface area contributed by atoms with Crippen LogP contribution in [0.25, 0.3) is 0 Å². The summed E-state index contributed by atoms with van der Waals surface area (Å²) in [6, 6.07) is 10.1. The molecule has 0 bridgehead atoms. The van der Waals surface area contributed by atoms with E-state index in [1.165, 1.54) is 36.1 Å². The van der Waals surface area contributed by atoms with Gasteiger partial charge in [0.05, 0.1) is 10.5 Å². The molecule has 0 unspecified atom stereocenters. The third-order valence-corrected chi connectivity index (χ3v) is 4.56. The van der Waals surface area contributed by atoms with E-state index in [0.717, 1.165) is 12.8 Å². The summed E-state index contributed by atoms with van der Waals surface area (Å²) in [5, 5.41) is 10.8. The average molecular weight is 386 g/mol. The van der Waals surface area contributed by atoms with Crippen LogP contribution in [0.2, 0.25) is 0 Å². The Morgan fingerprint density at radius 3 is 2.57 bits per heavy atom. The molecule has 0 saturated heterocycles. The molecule has 1 amide bonds. The monoisotopic (exact) mass is 386 g/mol. The molecule has 2 aromatic rings. The summed E-state index contributed by atoms with van der Waals surface area (Å²) < 4.78 is 19.0. The van der Waals surface area contributed by atoms with Crippen LogP contribution in [-0.2, 0) is 16.1 Å². The van der Waals surface area contributed by atoms with Crippen molar-refractivity contribution in [3.63, 3.8) is 0 Å². The first kappa shape index (κ1) is 19.5. The van der Waals surface area contributed by atoms with Crippen molar-refractivity contribution in [2.24, 2.45) is 0 Å². The highest BCUT2D eigenvalue weighted by molar-refractivity contribution is 5.92. The quantitative estimate of drug-likeness (QED) is 0.413. The minimum Gasteiger partial charge on any atom is -0.452 e. The van der Waals surface area contributed by atoms with Crippen molar-refractivity contribution in [1.82, 2.24) is 4.90 Å². The Morgan fingerprint density at radius 1 is 1.25 bits per heavy atom. The number of nitrogens with zero attached hydrogens (tertiary/aromatic N) is 2. The highest BCUT2D eigenvalue weighted by atomic mass is 19.1. The van der Waals surface area contributed by atoms with Crippen LogP contribution in [0, 0.1) is 22.9 Å². The minimum atomic E-state index is -0.743. The van der Waals surface area contributed by atoms with Gasteiger partial charge in [0.1, 0.15) is 5.82 Å². The molecule has 2 aromatic carbocycles. The molecule has 1 saturated carbocycles. The number of nitro groups is 1. The van der Waals surface area contributed by atoms with Crippen molar-refractivity contribution >= 4 is 17.6 Å². The topological polar surface area (TPSA) is 89.8 Å². The molecule has 0 aliphatic heterocycles. The van der Waals surface area contributed by atoms with Crippen LogP contribution in [0.1, 0.15) is 34.3 Å². The first-order valence-electron chi connectivity index (χ1n) is 8.82. The second kappa shape index (κ2) is 8.16. The second-order valence-corrected chi connectivity index (χ2v) is 6.68. The van der Waals surface area contributed by atoms with Gasteiger partial charge in [-0.1, -0.05) is 18.2 Å². The summed E-state index contributed by atoms with van der Waals surface area (Å²) in [6.07, 6.45) is 1.66. The van der Waals surface area contributed by atoms with E-state index in [-0.39, 0.29) is 29.7 Å². The number of esters is 1. The SMILES string of the molecule is Cc1cc(C(=O)OCC(=O)N(Cc2ccccc2F)C2CC2)ccc1[N+](=O)[O-]. The van der Waals surface area contributed by atoms with Gasteiger partial charge >= 0.3 is 5.97 Å². The number of ether oxygens (including phenoxy) is 1. The molecule has 28 heavy (non-hydrogen) atoms. The van der Waals surface area contributed by atoms with E-state index < -0.39 is 23.4 Å². The highest BCUT2D eigenvalue weighted by Crippen LogP contribution is 2.29. The molecule has 0 aromatic heterocycles. The number of hydrogen-bond donors (Lipinski definition) is 0. The predicted octanol–water partition coefficient (Wildman–Crippen LogP) is 3.39. The van der Waals surface area contributed by atoms with E-state index in [2.05, 4.69) is 0 Å². The van der Waals surface area contributed by atoms with E-state index in [1.807, 2.05) is 0 Å². The van der Waals surface area contributed by atoms with Crippen LogP contribution >= 0.6 is 0 Å². The fourth-order valence-electron chi connectivity index (χ4n) is 2.90. The Kier molecular flexibility index (Phi) is 5.67. The molecule has 0 heterocycles. The molecule has 1 aliphatic carbocycles. The van der Waals surface area contributed by atoms with Crippen molar-refractivity contribution in [3.8, 4) is 0 Å². The van der Waals surface area contributed by atoms with Gasteiger partial charge in [0, 0.05) is 29.8 Å². The molecular formula is C20H19FN2O5. The zero-order valence-corrected chi connectivity index (χ0v) is 15.3. The normalized spacial score (nSPS) is 13.1. The lowest BCUT2D eigenvalue weighted by Gasteiger charge is -2.22. The summed E-state index contributed by atoms with van der Waals surface area (Å²) in [7, 11) is 0. The maximum absolute atomic E-state index is 13.9. The van der Waals surface area contributed by atoms with Crippen LogP contribution in [0.4, 0.5) is 10.1 Å². The number of nitro benzene ring substituents is 1. The van der Waals surface area contributed by atoms with Gasteiger partial charge in [0.2, 0.25) is 0 Å². The fraction of sp³-hybridized carbons (Fsp3) is 0.300. The predicted molar refractivity (Wildman–Crippen MR) is 98.1 cm³/mol. The maximum Gasteiger partial charge on any atom is 0.338 e. The summed E-state index contributed by atoms with van der Waals surface area (Å²) in [6.45, 7) is 1.16. The minimum absolute atomic E-state index is 0.0208. The third kappa shape index (κ3) is 4.51. The summed E-state index contributed by atoms with van der Waals surface area (Å²) in [5.74, 6) is -1.54. The number of amides is 1. The van der Waals surface area contributed by atoms with Crippen LogP contribution in [-0.4, -0.2) is 34.3 Å². The van der Waals surface area contributed by atoms with Crippen molar-refractivity contribution in [3.05, 3.63) is 75.1 Å². The standard InChI is InChI=1S/C20H19FN2O5/c1-13-10-14(6-9-18(13)23(26)27)20(25)28-12-19(24)22(16-7-8-16)11-15-4-2-3-5-17(15)21/h2-6,9-10,16H,7-8,11-12H2,1H3. The van der Waals surface area contributed by atoms with Crippen LogP contribution < -0.4 is 0 Å². The van der Waals surface area contributed by atoms with Crippen molar-refractivity contribution < 1.29 is 23.6 Å². The Labute approximate surface area is 160 Å². The first-order chi connectivity index (χ1) is 13.4. The van der Waals surface area contributed by atoms with Crippen LogP contribution in [0.5, 0.6) is 0 Å². The number of carbonyl (C=O) groups is 2. The van der Waals surface area contributed by atoms with Gasteiger partial charge in [-0.2, -0.15) is 0 Å². The van der Waals surface area contributed by atoms with Gasteiger partial charge in [-0.3, -0.25) is 14.9 Å². The van der Waals surface area contributed by atoms with Gasteiger partial charge in [-0.05, 0) is 38.0 Å². The average Bonchev–Trinajstić information content (AvgIpc) is 3.49. The molecule has 0 radical (unpaired) electrons. The molecule has 7 nitrogen and oxygen atoms in total. The van der Waals surface area contributed by atoms with Gasteiger partial charge in [-0.15, -0.1) is 0 Å². The van der Waals surface area contributed by atoms with Gasteiger partial charge in [-0.25, -0.2) is 9.18 Å². The summed E-state index contributed by atoms with van der Waals surface area (Å²) in [4.78, 5) is 36.5. The van der Waals surface area contributed by atoms with E-state index in [9.17, 15) is 24.1 Å². The van der Waals surface area contributed by atoms with E-state index in [0.29, 0.717) is 11.1 Å². The smallest absolute Gasteiger partial charge is 0.338 e. The lowest BCUT2D eigenvalue weighted by Crippen LogP contribution is -2.36. The lowest BCUT2D eigenvalue weighted by molar-refractivity contribution is -0.385. The number of hydrogen-bond acceptors (Lipinski definition) is 5. The van der Waals surface area contributed by atoms with E-state index in [1.54, 1.807) is 18.2 Å². The molecule has 1 aliphatic rings. The Hall–Kier alpha value is -3.29. The zero-order valence-electron chi connectivity index (χ0n) is 15.3. The van der Waals surface area contributed by atoms with E-state index >= 15 is 0 Å². The largest absolute Gasteiger partial charge is 0.452 e. The van der Waals surface area contributed by atoms with Crippen LogP contribution in [0.3, 0.4) is 0 Å². The van der Waals surface area contributed by atoms with Gasteiger partial charge in [0.15, 0.2) is 6.61 Å². The maximum atomic E-state index is 13.9. The molecule has 1 fully saturated rings. The number of carbonyl (C=O) groups excluding carboxylic acids is 2. The third-order valence-electron chi connectivity index (χ3n) is 4.56. The van der Waals surface area contributed by atoms with Crippen molar-refractivity contribution in [2.75, 3.05) is 6.61 Å².